The zero-order chi connectivity index (χ0) is 20.3. The third-order valence-corrected chi connectivity index (χ3v) is 4.89. The Bertz CT molecular complexity index is 919. The van der Waals surface area contributed by atoms with Gasteiger partial charge in [0.2, 0.25) is 0 Å². The van der Waals surface area contributed by atoms with Crippen LogP contribution < -0.4 is 5.32 Å². The van der Waals surface area contributed by atoms with E-state index in [1.807, 2.05) is 0 Å². The molecule has 3 rings (SSSR count). The lowest BCUT2D eigenvalue weighted by Gasteiger charge is -2.33. The molecule has 0 bridgehead atoms. The Morgan fingerprint density at radius 2 is 2.11 bits per heavy atom. The molecular weight excluding hydrogens is 370 g/mol. The van der Waals surface area contributed by atoms with Crippen LogP contribution in [-0.2, 0) is 9.53 Å². The summed E-state index contributed by atoms with van der Waals surface area (Å²) in [7, 11) is 0. The molecule has 1 fully saturated rings. The number of amides is 1. The Morgan fingerprint density at radius 1 is 1.39 bits per heavy atom. The highest BCUT2D eigenvalue weighted by atomic mass is 16.6. The summed E-state index contributed by atoms with van der Waals surface area (Å²) >= 11 is 0. The highest BCUT2D eigenvalue weighted by Gasteiger charge is 2.40. The summed E-state index contributed by atoms with van der Waals surface area (Å²) in [4.78, 5) is 34.6. The molecule has 0 atom stereocenters. The standard InChI is InChI=1S/C17H19N5O6/c1-11-14(15(23)18-10-17(16(24)25)5-7-28-8-6-17)19-20-21(11)12-3-2-4-13(9-12)22(26)27/h2-4,9H,5-8,10H2,1H3,(H,18,23)(H,24,25). The fraction of sp³-hybridized carbons (Fsp3) is 0.412. The molecule has 2 N–H and O–H groups in total. The molecule has 1 aromatic heterocycles. The lowest BCUT2D eigenvalue weighted by molar-refractivity contribution is -0.384. The van der Waals surface area contributed by atoms with E-state index in [1.54, 1.807) is 13.0 Å². The number of carboxylic acids is 1. The number of carbonyl (C=O) groups excluding carboxylic acids is 1. The largest absolute Gasteiger partial charge is 0.481 e. The Kier molecular flexibility index (Phi) is 5.36. The van der Waals surface area contributed by atoms with Crippen LogP contribution in [0.1, 0.15) is 29.0 Å². The molecule has 1 amide bonds. The number of nitro groups is 1. The van der Waals surface area contributed by atoms with Gasteiger partial charge in [0, 0.05) is 31.9 Å². The molecule has 0 unspecified atom stereocenters. The van der Waals surface area contributed by atoms with Crippen LogP contribution in [0.3, 0.4) is 0 Å². The first-order valence-corrected chi connectivity index (χ1v) is 8.60. The maximum Gasteiger partial charge on any atom is 0.311 e. The number of nitrogens with zero attached hydrogens (tertiary/aromatic N) is 4. The summed E-state index contributed by atoms with van der Waals surface area (Å²) in [5, 5.41) is 30.9. The smallest absolute Gasteiger partial charge is 0.311 e. The summed E-state index contributed by atoms with van der Waals surface area (Å²) in [5.41, 5.74) is -0.378. The zero-order valence-electron chi connectivity index (χ0n) is 15.1. The highest BCUT2D eigenvalue weighted by Crippen LogP contribution is 2.30. The first kappa shape index (κ1) is 19.4. The number of hydrogen-bond donors (Lipinski definition) is 2. The van der Waals surface area contributed by atoms with E-state index >= 15 is 0 Å². The molecule has 11 nitrogen and oxygen atoms in total. The van der Waals surface area contributed by atoms with Crippen LogP contribution in [0.15, 0.2) is 24.3 Å². The van der Waals surface area contributed by atoms with Crippen molar-refractivity contribution in [2.75, 3.05) is 19.8 Å². The summed E-state index contributed by atoms with van der Waals surface area (Å²) in [5.74, 6) is -1.53. The van der Waals surface area contributed by atoms with Gasteiger partial charge in [-0.15, -0.1) is 5.10 Å². The van der Waals surface area contributed by atoms with Crippen molar-refractivity contribution in [1.29, 1.82) is 0 Å². The van der Waals surface area contributed by atoms with Gasteiger partial charge in [-0.25, -0.2) is 4.68 Å². The van der Waals surface area contributed by atoms with Crippen molar-refractivity contribution in [3.8, 4) is 5.69 Å². The molecule has 0 radical (unpaired) electrons. The molecule has 2 aromatic rings. The summed E-state index contributed by atoms with van der Waals surface area (Å²) < 4.78 is 6.54. The van der Waals surface area contributed by atoms with E-state index in [4.69, 9.17) is 4.74 Å². The molecular formula is C17H19N5O6. The minimum absolute atomic E-state index is 0.0269. The number of hydrogen-bond acceptors (Lipinski definition) is 7. The fourth-order valence-electron chi connectivity index (χ4n) is 3.08. The number of carboxylic acid groups (broad SMARTS) is 1. The molecule has 0 saturated carbocycles. The number of benzene rings is 1. The Morgan fingerprint density at radius 3 is 2.75 bits per heavy atom. The monoisotopic (exact) mass is 389 g/mol. The molecule has 2 heterocycles. The topological polar surface area (TPSA) is 149 Å². The number of aromatic nitrogens is 3. The molecule has 11 heteroatoms. The number of non-ortho nitro benzene ring substituents is 1. The van der Waals surface area contributed by atoms with Gasteiger partial charge >= 0.3 is 5.97 Å². The van der Waals surface area contributed by atoms with E-state index in [-0.39, 0.29) is 17.9 Å². The van der Waals surface area contributed by atoms with Crippen molar-refractivity contribution in [2.24, 2.45) is 5.41 Å². The summed E-state index contributed by atoms with van der Waals surface area (Å²) in [6.45, 7) is 2.21. The van der Waals surface area contributed by atoms with Gasteiger partial charge < -0.3 is 15.2 Å². The minimum atomic E-state index is -1.07. The van der Waals surface area contributed by atoms with E-state index in [1.165, 1.54) is 22.9 Å². The Balaban J connectivity index is 1.78. The van der Waals surface area contributed by atoms with E-state index in [0.29, 0.717) is 37.4 Å². The van der Waals surface area contributed by atoms with Crippen molar-refractivity contribution < 1.29 is 24.4 Å². The minimum Gasteiger partial charge on any atom is -0.481 e. The van der Waals surface area contributed by atoms with Crippen LogP contribution in [0.5, 0.6) is 0 Å². The Hall–Kier alpha value is -3.34. The molecule has 1 aromatic carbocycles. The molecule has 148 valence electrons. The van der Waals surface area contributed by atoms with Crippen LogP contribution in [0, 0.1) is 22.5 Å². The summed E-state index contributed by atoms with van der Waals surface area (Å²) in [6, 6.07) is 5.79. The van der Waals surface area contributed by atoms with Gasteiger partial charge in [-0.1, -0.05) is 11.3 Å². The van der Waals surface area contributed by atoms with Gasteiger partial charge in [0.05, 0.1) is 21.7 Å². The van der Waals surface area contributed by atoms with Gasteiger partial charge in [-0.05, 0) is 25.8 Å². The molecule has 0 spiro atoms. The molecule has 0 aliphatic carbocycles. The number of rotatable bonds is 6. The predicted molar refractivity (Wildman–Crippen MR) is 95.2 cm³/mol. The van der Waals surface area contributed by atoms with Gasteiger partial charge in [0.15, 0.2) is 5.69 Å². The van der Waals surface area contributed by atoms with Crippen LogP contribution in [-0.4, -0.2) is 56.7 Å². The molecule has 1 aliphatic heterocycles. The Labute approximate surface area is 159 Å². The number of ether oxygens (including phenoxy) is 1. The van der Waals surface area contributed by atoms with Crippen molar-refractivity contribution in [1.82, 2.24) is 20.3 Å². The maximum absolute atomic E-state index is 12.5. The van der Waals surface area contributed by atoms with Crippen molar-refractivity contribution in [3.05, 3.63) is 45.8 Å². The number of aliphatic carboxylic acids is 1. The van der Waals surface area contributed by atoms with Crippen LogP contribution in [0.25, 0.3) is 5.69 Å². The fourth-order valence-corrected chi connectivity index (χ4v) is 3.08. The normalized spacial score (nSPS) is 15.8. The van der Waals surface area contributed by atoms with Crippen molar-refractivity contribution in [3.63, 3.8) is 0 Å². The van der Waals surface area contributed by atoms with E-state index < -0.39 is 22.2 Å². The maximum atomic E-state index is 12.5. The molecule has 1 saturated heterocycles. The SMILES string of the molecule is Cc1c(C(=O)NCC2(C(=O)O)CCOCC2)nnn1-c1cccc([N+](=O)[O-])c1. The molecule has 28 heavy (non-hydrogen) atoms. The van der Waals surface area contributed by atoms with Gasteiger partial charge in [-0.3, -0.25) is 19.7 Å². The van der Waals surface area contributed by atoms with Crippen molar-refractivity contribution >= 4 is 17.6 Å². The highest BCUT2D eigenvalue weighted by molar-refractivity contribution is 5.93. The first-order valence-electron chi connectivity index (χ1n) is 8.60. The number of nitro benzene ring substituents is 1. The zero-order valence-corrected chi connectivity index (χ0v) is 15.1. The van der Waals surface area contributed by atoms with Crippen LogP contribution in [0.4, 0.5) is 5.69 Å². The van der Waals surface area contributed by atoms with Crippen LogP contribution in [0.2, 0.25) is 0 Å². The average Bonchev–Trinajstić information content (AvgIpc) is 3.08. The average molecular weight is 389 g/mol. The van der Waals surface area contributed by atoms with E-state index in [0.717, 1.165) is 0 Å². The second-order valence-electron chi connectivity index (χ2n) is 6.59. The number of nitrogens with one attached hydrogen (secondary N) is 1. The summed E-state index contributed by atoms with van der Waals surface area (Å²) in [6.07, 6.45) is 0.615. The lowest BCUT2D eigenvalue weighted by atomic mass is 9.80. The van der Waals surface area contributed by atoms with Crippen molar-refractivity contribution in [2.45, 2.75) is 19.8 Å². The first-order chi connectivity index (χ1) is 13.3. The second kappa shape index (κ2) is 7.72. The molecule has 1 aliphatic rings. The van der Waals surface area contributed by atoms with Gasteiger partial charge in [-0.2, -0.15) is 0 Å². The second-order valence-corrected chi connectivity index (χ2v) is 6.59. The van der Waals surface area contributed by atoms with E-state index in [2.05, 4.69) is 15.6 Å². The third kappa shape index (κ3) is 3.69. The van der Waals surface area contributed by atoms with E-state index in [9.17, 15) is 24.8 Å². The van der Waals surface area contributed by atoms with Gasteiger partial charge in [0.1, 0.15) is 0 Å². The predicted octanol–water partition coefficient (Wildman–Crippen LogP) is 1.10. The van der Waals surface area contributed by atoms with Crippen LogP contribution >= 0.6 is 0 Å². The number of carbonyl (C=O) groups is 2. The third-order valence-electron chi connectivity index (χ3n) is 4.89. The van der Waals surface area contributed by atoms with Gasteiger partial charge in [0.25, 0.3) is 11.6 Å². The quantitative estimate of drug-likeness (QED) is 0.551. The lowest BCUT2D eigenvalue weighted by Crippen LogP contribution is -2.46.